The van der Waals surface area contributed by atoms with Crippen molar-refractivity contribution < 1.29 is 9.90 Å². The summed E-state index contributed by atoms with van der Waals surface area (Å²) in [6.07, 6.45) is 0.935. The summed E-state index contributed by atoms with van der Waals surface area (Å²) >= 11 is 0. The fourth-order valence-corrected chi connectivity index (χ4v) is 4.90. The Morgan fingerprint density at radius 1 is 1.11 bits per heavy atom. The number of likely N-dealkylation sites (tertiary alicyclic amines) is 2. The maximum atomic E-state index is 12.4. The first-order chi connectivity index (χ1) is 13.7. The maximum absolute atomic E-state index is 12.4. The van der Waals surface area contributed by atoms with Gasteiger partial charge in [-0.1, -0.05) is 67.6 Å². The highest BCUT2D eigenvalue weighted by Gasteiger charge is 2.66. The number of hydrogen-bond acceptors (Lipinski definition) is 3. The van der Waals surface area contributed by atoms with E-state index in [1.165, 1.54) is 11.1 Å². The van der Waals surface area contributed by atoms with Crippen molar-refractivity contribution in [1.29, 1.82) is 0 Å². The summed E-state index contributed by atoms with van der Waals surface area (Å²) in [5, 5.41) is 13.2. The highest BCUT2D eigenvalue weighted by molar-refractivity contribution is 5.76. The predicted molar refractivity (Wildman–Crippen MR) is 110 cm³/mol. The molecule has 0 saturated carbocycles. The van der Waals surface area contributed by atoms with Gasteiger partial charge in [0.2, 0.25) is 0 Å². The average Bonchev–Trinajstić information content (AvgIpc) is 2.70. The van der Waals surface area contributed by atoms with Gasteiger partial charge >= 0.3 is 6.03 Å². The van der Waals surface area contributed by atoms with Crippen molar-refractivity contribution in [2.75, 3.05) is 26.2 Å². The molecular formula is C23H29N3O2. The van der Waals surface area contributed by atoms with Gasteiger partial charge in [0.1, 0.15) is 0 Å². The third-order valence-electron chi connectivity index (χ3n) is 6.22. The molecule has 148 valence electrons. The number of amides is 2. The minimum Gasteiger partial charge on any atom is -0.395 e. The van der Waals surface area contributed by atoms with E-state index in [4.69, 9.17) is 0 Å². The number of benzene rings is 2. The zero-order chi connectivity index (χ0) is 19.6. The monoisotopic (exact) mass is 379 g/mol. The lowest BCUT2D eigenvalue weighted by Gasteiger charge is -2.70. The quantitative estimate of drug-likeness (QED) is 0.812. The van der Waals surface area contributed by atoms with Gasteiger partial charge in [0.25, 0.3) is 0 Å². The van der Waals surface area contributed by atoms with Crippen molar-refractivity contribution in [3.8, 4) is 0 Å². The van der Waals surface area contributed by atoms with Crippen LogP contribution in [-0.4, -0.2) is 58.8 Å². The summed E-state index contributed by atoms with van der Waals surface area (Å²) in [6, 6.07) is 20.9. The van der Waals surface area contributed by atoms with Crippen LogP contribution >= 0.6 is 0 Å². The van der Waals surface area contributed by atoms with Crippen LogP contribution in [0.25, 0.3) is 0 Å². The van der Waals surface area contributed by atoms with Crippen LogP contribution in [0.2, 0.25) is 0 Å². The molecule has 0 aromatic heterocycles. The minimum absolute atomic E-state index is 0.0198. The summed E-state index contributed by atoms with van der Waals surface area (Å²) in [5.41, 5.74) is 2.38. The molecule has 2 saturated heterocycles. The standard InChI is InChI=1S/C23H29N3O2/c1-2-13-24-22(28)25-16-23(17-25)21(19-11-7-4-8-12-19)20(15-27)26(23)14-18-9-5-3-6-10-18/h3-12,20-21,27H,2,13-17H2,1H3,(H,24,28)/t20-,21-/m1/s1. The third-order valence-corrected chi connectivity index (χ3v) is 6.22. The topological polar surface area (TPSA) is 55.8 Å². The van der Waals surface area contributed by atoms with Crippen LogP contribution in [0, 0.1) is 0 Å². The molecule has 0 unspecified atom stereocenters. The Morgan fingerprint density at radius 3 is 2.36 bits per heavy atom. The molecule has 2 N–H and O–H groups in total. The lowest BCUT2D eigenvalue weighted by molar-refractivity contribution is -0.183. The summed E-state index contributed by atoms with van der Waals surface area (Å²) in [4.78, 5) is 16.7. The highest BCUT2D eigenvalue weighted by atomic mass is 16.3. The number of nitrogens with one attached hydrogen (secondary N) is 1. The number of aliphatic hydroxyl groups excluding tert-OH is 1. The molecule has 2 aromatic carbocycles. The molecule has 4 rings (SSSR count). The van der Waals surface area contributed by atoms with E-state index in [1.807, 2.05) is 17.0 Å². The lowest BCUT2D eigenvalue weighted by atomic mass is 9.60. The zero-order valence-corrected chi connectivity index (χ0v) is 16.4. The third kappa shape index (κ3) is 3.19. The number of carbonyl (C=O) groups excluding carboxylic acids is 1. The van der Waals surface area contributed by atoms with E-state index in [9.17, 15) is 9.90 Å². The molecule has 5 heteroatoms. The first-order valence-corrected chi connectivity index (χ1v) is 10.2. The fraction of sp³-hybridized carbons (Fsp3) is 0.435. The Labute approximate surface area is 167 Å². The SMILES string of the molecule is CCCNC(=O)N1CC2(C1)[C@H](c1ccccc1)[C@@H](CO)N2Cc1ccccc1. The number of urea groups is 1. The molecule has 2 aliphatic rings. The van der Waals surface area contributed by atoms with Crippen molar-refractivity contribution >= 4 is 6.03 Å². The first-order valence-electron chi connectivity index (χ1n) is 10.2. The van der Waals surface area contributed by atoms with E-state index in [2.05, 4.69) is 65.7 Å². The predicted octanol–water partition coefficient (Wildman–Crippen LogP) is 2.82. The van der Waals surface area contributed by atoms with Gasteiger partial charge < -0.3 is 15.3 Å². The second-order valence-corrected chi connectivity index (χ2v) is 7.94. The van der Waals surface area contributed by atoms with E-state index >= 15 is 0 Å². The number of hydrogen-bond donors (Lipinski definition) is 2. The van der Waals surface area contributed by atoms with Gasteiger partial charge in [-0.3, -0.25) is 4.90 Å². The summed E-state index contributed by atoms with van der Waals surface area (Å²) in [5.74, 6) is 0.234. The largest absolute Gasteiger partial charge is 0.395 e. The fourth-order valence-electron chi connectivity index (χ4n) is 4.90. The van der Waals surface area contributed by atoms with E-state index in [0.29, 0.717) is 19.6 Å². The van der Waals surface area contributed by atoms with E-state index in [-0.39, 0.29) is 30.1 Å². The number of aliphatic hydroxyl groups is 1. The van der Waals surface area contributed by atoms with E-state index in [0.717, 1.165) is 13.0 Å². The van der Waals surface area contributed by atoms with Crippen molar-refractivity contribution in [3.05, 3.63) is 71.8 Å². The molecule has 0 radical (unpaired) electrons. The smallest absolute Gasteiger partial charge is 0.317 e. The molecule has 2 heterocycles. The van der Waals surface area contributed by atoms with Crippen molar-refractivity contribution in [2.24, 2.45) is 0 Å². The van der Waals surface area contributed by atoms with Gasteiger partial charge in [0, 0.05) is 38.1 Å². The summed E-state index contributed by atoms with van der Waals surface area (Å²) in [7, 11) is 0. The molecule has 5 nitrogen and oxygen atoms in total. The zero-order valence-electron chi connectivity index (χ0n) is 16.4. The Hall–Kier alpha value is -2.37. The minimum atomic E-state index is -0.103. The Morgan fingerprint density at radius 2 is 1.75 bits per heavy atom. The van der Waals surface area contributed by atoms with Gasteiger partial charge in [0.15, 0.2) is 0 Å². The Balaban J connectivity index is 1.58. The molecule has 2 atom stereocenters. The van der Waals surface area contributed by atoms with Gasteiger partial charge in [0.05, 0.1) is 12.1 Å². The molecule has 2 amide bonds. The molecular weight excluding hydrogens is 350 g/mol. The highest BCUT2D eigenvalue weighted by Crippen LogP contribution is 2.54. The Kier molecular flexibility index (Phi) is 5.38. The second kappa shape index (κ2) is 7.94. The van der Waals surface area contributed by atoms with Crippen LogP contribution in [0.15, 0.2) is 60.7 Å². The molecule has 1 spiro atoms. The summed E-state index contributed by atoms with van der Waals surface area (Å²) < 4.78 is 0. The van der Waals surface area contributed by atoms with Gasteiger partial charge in [-0.2, -0.15) is 0 Å². The van der Waals surface area contributed by atoms with Crippen LogP contribution in [0.4, 0.5) is 4.79 Å². The van der Waals surface area contributed by atoms with Crippen LogP contribution < -0.4 is 5.32 Å². The molecule has 28 heavy (non-hydrogen) atoms. The number of rotatable bonds is 6. The molecule has 2 aliphatic heterocycles. The Bertz CT molecular complexity index is 790. The van der Waals surface area contributed by atoms with Crippen molar-refractivity contribution in [1.82, 2.24) is 15.1 Å². The van der Waals surface area contributed by atoms with E-state index in [1.54, 1.807) is 0 Å². The maximum Gasteiger partial charge on any atom is 0.317 e. The molecule has 2 aromatic rings. The van der Waals surface area contributed by atoms with Crippen LogP contribution in [0.1, 0.15) is 30.4 Å². The van der Waals surface area contributed by atoms with Gasteiger partial charge in [-0.05, 0) is 17.5 Å². The summed E-state index contributed by atoms with van der Waals surface area (Å²) in [6.45, 7) is 5.08. The average molecular weight is 380 g/mol. The van der Waals surface area contributed by atoms with Crippen LogP contribution in [0.5, 0.6) is 0 Å². The first kappa shape index (κ1) is 19.0. The van der Waals surface area contributed by atoms with E-state index < -0.39 is 0 Å². The van der Waals surface area contributed by atoms with Gasteiger partial charge in [-0.25, -0.2) is 4.79 Å². The molecule has 0 bridgehead atoms. The van der Waals surface area contributed by atoms with Gasteiger partial charge in [-0.15, -0.1) is 0 Å². The van der Waals surface area contributed by atoms with Crippen LogP contribution in [-0.2, 0) is 6.54 Å². The lowest BCUT2D eigenvalue weighted by Crippen LogP contribution is -2.85. The number of nitrogens with zero attached hydrogens (tertiary/aromatic N) is 2. The number of carbonyl (C=O) groups is 1. The normalized spacial score (nSPS) is 23.1. The van der Waals surface area contributed by atoms with Crippen LogP contribution in [0.3, 0.4) is 0 Å². The van der Waals surface area contributed by atoms with Crippen molar-refractivity contribution in [2.45, 2.75) is 37.4 Å². The van der Waals surface area contributed by atoms with Crippen molar-refractivity contribution in [3.63, 3.8) is 0 Å². The molecule has 2 fully saturated rings. The molecule has 0 aliphatic carbocycles. The second-order valence-electron chi connectivity index (χ2n) is 7.94.